The lowest BCUT2D eigenvalue weighted by Crippen LogP contribution is -2.18. The first-order chi connectivity index (χ1) is 30.7. The largest absolute Gasteiger partial charge is 0.324 e. The molecule has 0 saturated heterocycles. The molecule has 2 aliphatic heterocycles. The minimum Gasteiger partial charge on any atom is -0.324 e. The van der Waals surface area contributed by atoms with Crippen LogP contribution in [0.5, 0.6) is 0 Å². The fourth-order valence-corrected chi connectivity index (χ4v) is 10.4. The molecule has 9 rings (SSSR count). The van der Waals surface area contributed by atoms with Crippen molar-refractivity contribution in [3.8, 4) is 10.0 Å². The summed E-state index contributed by atoms with van der Waals surface area (Å²) in [5.74, 6) is 2.83. The Labute approximate surface area is 397 Å². The number of aromatic nitrogens is 6. The van der Waals surface area contributed by atoms with Crippen LogP contribution < -0.4 is 5.73 Å². The van der Waals surface area contributed by atoms with Crippen LogP contribution in [0, 0.1) is 48.5 Å². The van der Waals surface area contributed by atoms with Crippen LogP contribution >= 0.6 is 45.9 Å². The lowest BCUT2D eigenvalue weighted by molar-refractivity contribution is -0.118. The van der Waals surface area contributed by atoms with Gasteiger partial charge in [-0.15, -0.1) is 43.1 Å². The number of halogens is 2. The standard InChI is InChI=1S/C28H26ClN5OS.C20H20ClN5OS.CH4/c1-16-5-7-20(8-6-16)14-30-15-23(35)13-24-27-33-32-19(4)34(27)28-25(17(2)18(3)36-28)26(31-24)21-9-11-22(29)12-10-21;1-10-11(2)28-20-17(10)18(13-4-6-14(21)7-5-13)23-16(8-15(27)9-22)19-25-24-12(3)26(19)20;/h5-12,14,24H,13,15H2,1-4H3;4-7,16H,8-9,22H2,1-3H3;1H4/t24-;16-;/m00./s1. The second-order valence-electron chi connectivity index (χ2n) is 15.9. The van der Waals surface area contributed by atoms with Crippen molar-refractivity contribution in [1.29, 1.82) is 0 Å². The fraction of sp³-hybridized carbons (Fsp3) is 0.286. The highest BCUT2D eigenvalue weighted by atomic mass is 35.5. The van der Waals surface area contributed by atoms with Gasteiger partial charge in [-0.2, -0.15) is 0 Å². The molecular formula is C49H50Cl2N10O2S2. The van der Waals surface area contributed by atoms with Gasteiger partial charge in [-0.05, 0) is 89.4 Å². The third-order valence-electron chi connectivity index (χ3n) is 11.4. The zero-order valence-corrected chi connectivity index (χ0v) is 39.6. The van der Waals surface area contributed by atoms with Gasteiger partial charge in [0.25, 0.3) is 0 Å². The first-order valence-corrected chi connectivity index (χ1v) is 23.1. The first-order valence-electron chi connectivity index (χ1n) is 20.7. The molecule has 7 aromatic rings. The molecule has 12 nitrogen and oxygen atoms in total. The maximum atomic E-state index is 13.0. The number of fused-ring (bicyclic) bond motifs is 6. The normalized spacial score (nSPS) is 15.0. The molecule has 0 aliphatic carbocycles. The Hall–Kier alpha value is -5.77. The topological polar surface area (TPSA) is 159 Å². The second-order valence-corrected chi connectivity index (χ2v) is 19.2. The molecule has 16 heteroatoms. The summed E-state index contributed by atoms with van der Waals surface area (Å²) >= 11 is 15.6. The third kappa shape index (κ3) is 9.64. The zero-order valence-electron chi connectivity index (χ0n) is 36.5. The van der Waals surface area contributed by atoms with Crippen LogP contribution in [-0.4, -0.2) is 71.8 Å². The maximum absolute atomic E-state index is 13.0. The monoisotopic (exact) mass is 944 g/mol. The van der Waals surface area contributed by atoms with E-state index in [9.17, 15) is 9.59 Å². The summed E-state index contributed by atoms with van der Waals surface area (Å²) in [6.07, 6.45) is 2.12. The van der Waals surface area contributed by atoms with Crippen LogP contribution in [0.2, 0.25) is 10.0 Å². The quantitative estimate of drug-likeness (QED) is 0.134. The van der Waals surface area contributed by atoms with Crippen LogP contribution in [0.15, 0.2) is 87.8 Å². The van der Waals surface area contributed by atoms with E-state index in [4.69, 9.17) is 38.9 Å². The maximum Gasteiger partial charge on any atom is 0.163 e. The number of Topliss-reactive ketones (excluding diaryl/α,β-unsaturated/α-hetero) is 2. The number of hydrogen-bond acceptors (Lipinski definition) is 12. The highest BCUT2D eigenvalue weighted by molar-refractivity contribution is 7.15. The summed E-state index contributed by atoms with van der Waals surface area (Å²) in [5, 5.41) is 20.8. The Balaban J connectivity index is 0.000000197. The number of rotatable bonds is 10. The summed E-state index contributed by atoms with van der Waals surface area (Å²) in [7, 11) is 0. The average Bonchev–Trinajstić information content (AvgIpc) is 3.97. The fourth-order valence-electron chi connectivity index (χ4n) is 7.75. The van der Waals surface area contributed by atoms with E-state index in [-0.39, 0.29) is 44.9 Å². The summed E-state index contributed by atoms with van der Waals surface area (Å²) in [5.41, 5.74) is 15.7. The summed E-state index contributed by atoms with van der Waals surface area (Å²) in [4.78, 5) is 42.2. The molecule has 65 heavy (non-hydrogen) atoms. The van der Waals surface area contributed by atoms with Gasteiger partial charge in [0.15, 0.2) is 17.4 Å². The van der Waals surface area contributed by atoms with Crippen molar-refractivity contribution in [3.05, 3.63) is 160 Å². The molecular weight excluding hydrogens is 896 g/mol. The molecule has 2 aliphatic rings. The minimum absolute atomic E-state index is 0. The van der Waals surface area contributed by atoms with Gasteiger partial charge in [-0.1, -0.05) is 84.7 Å². The number of carbonyl (C=O) groups is 2. The van der Waals surface area contributed by atoms with E-state index in [1.807, 2.05) is 98.1 Å². The number of benzene rings is 3. The van der Waals surface area contributed by atoms with Crippen molar-refractivity contribution in [2.45, 2.75) is 80.8 Å². The molecule has 0 fully saturated rings. The number of aliphatic imine (C=N–C) groups is 3. The Kier molecular flexibility index (Phi) is 14.4. The van der Waals surface area contributed by atoms with Crippen molar-refractivity contribution in [2.24, 2.45) is 20.7 Å². The van der Waals surface area contributed by atoms with Gasteiger partial charge in [0.1, 0.15) is 39.5 Å². The summed E-state index contributed by atoms with van der Waals surface area (Å²) in [6, 6.07) is 22.4. The number of thiophene rings is 2. The van der Waals surface area contributed by atoms with Crippen LogP contribution in [0.1, 0.15) is 110 Å². The number of nitrogens with zero attached hydrogens (tertiary/aromatic N) is 9. The molecule has 6 heterocycles. The summed E-state index contributed by atoms with van der Waals surface area (Å²) in [6.45, 7) is 14.4. The number of ketones is 2. The lowest BCUT2D eigenvalue weighted by atomic mass is 9.99. The smallest absolute Gasteiger partial charge is 0.163 e. The SMILES string of the molecule is C.Cc1ccc(C=NCC(=O)C[C@@H]2N=C(c3ccc(Cl)cc3)c3c(sc(C)c3C)-n3c(C)nnc32)cc1.Cc1sc2c(c1C)C(c1ccc(Cl)cc1)=N[C@@H](CC(=O)CN)c1nnc(C)n1-2. The van der Waals surface area contributed by atoms with E-state index < -0.39 is 12.1 Å². The lowest BCUT2D eigenvalue weighted by Gasteiger charge is -2.12. The van der Waals surface area contributed by atoms with E-state index >= 15 is 0 Å². The third-order valence-corrected chi connectivity index (χ3v) is 14.3. The predicted octanol–water partition coefficient (Wildman–Crippen LogP) is 10.5. The Morgan fingerprint density at radius 3 is 1.51 bits per heavy atom. The zero-order chi connectivity index (χ0) is 45.4. The van der Waals surface area contributed by atoms with Gasteiger partial charge in [-0.25, -0.2) is 0 Å². The van der Waals surface area contributed by atoms with Gasteiger partial charge >= 0.3 is 0 Å². The molecule has 2 atom stereocenters. The van der Waals surface area contributed by atoms with Crippen molar-refractivity contribution in [3.63, 3.8) is 0 Å². The van der Waals surface area contributed by atoms with E-state index in [0.717, 1.165) is 66.5 Å². The molecule has 0 unspecified atom stereocenters. The molecule has 334 valence electrons. The van der Waals surface area contributed by atoms with Gasteiger partial charge in [0.2, 0.25) is 0 Å². The Morgan fingerprint density at radius 1 is 0.646 bits per heavy atom. The molecule has 0 bridgehead atoms. The Morgan fingerprint density at radius 2 is 1.08 bits per heavy atom. The van der Waals surface area contributed by atoms with E-state index in [2.05, 4.69) is 57.6 Å². The second kappa shape index (κ2) is 19.8. The Bertz CT molecular complexity index is 2990. The van der Waals surface area contributed by atoms with Gasteiger partial charge in [0.05, 0.1) is 24.5 Å². The molecule has 3 aromatic carbocycles. The van der Waals surface area contributed by atoms with Crippen molar-refractivity contribution < 1.29 is 9.59 Å². The number of carbonyl (C=O) groups excluding carboxylic acids is 2. The van der Waals surface area contributed by atoms with Gasteiger partial charge in [0, 0.05) is 61.1 Å². The highest BCUT2D eigenvalue weighted by Crippen LogP contribution is 2.41. The van der Waals surface area contributed by atoms with E-state index in [1.54, 1.807) is 28.9 Å². The summed E-state index contributed by atoms with van der Waals surface area (Å²) < 4.78 is 4.08. The molecule has 4 aromatic heterocycles. The number of nitrogens with two attached hydrogens (primary N) is 1. The van der Waals surface area contributed by atoms with Crippen LogP contribution in [0.4, 0.5) is 0 Å². The number of aryl methyl sites for hydroxylation is 5. The number of hydrogen-bond donors (Lipinski definition) is 1. The van der Waals surface area contributed by atoms with Crippen LogP contribution in [-0.2, 0) is 9.59 Å². The molecule has 0 radical (unpaired) electrons. The van der Waals surface area contributed by atoms with Crippen LogP contribution in [0.25, 0.3) is 10.0 Å². The first kappa shape index (κ1) is 47.2. The van der Waals surface area contributed by atoms with Crippen molar-refractivity contribution in [2.75, 3.05) is 13.1 Å². The van der Waals surface area contributed by atoms with Crippen molar-refractivity contribution in [1.82, 2.24) is 29.5 Å². The van der Waals surface area contributed by atoms with Crippen molar-refractivity contribution >= 4 is 75.1 Å². The molecule has 0 amide bonds. The molecule has 2 N–H and O–H groups in total. The molecule has 0 spiro atoms. The highest BCUT2D eigenvalue weighted by Gasteiger charge is 2.34. The molecule has 0 saturated carbocycles. The van der Waals surface area contributed by atoms with Crippen LogP contribution in [0.3, 0.4) is 0 Å². The van der Waals surface area contributed by atoms with Gasteiger partial charge < -0.3 is 5.73 Å². The minimum atomic E-state index is -0.474. The van der Waals surface area contributed by atoms with E-state index in [1.165, 1.54) is 20.9 Å². The average molecular weight is 946 g/mol. The van der Waals surface area contributed by atoms with Gasteiger partial charge in [-0.3, -0.25) is 33.7 Å². The predicted molar refractivity (Wildman–Crippen MR) is 265 cm³/mol. The van der Waals surface area contributed by atoms with E-state index in [0.29, 0.717) is 21.7 Å².